The minimum absolute atomic E-state index is 0.0229. The summed E-state index contributed by atoms with van der Waals surface area (Å²) >= 11 is 14.2. The number of aromatic nitrogens is 3. The molecule has 0 aliphatic carbocycles. The highest BCUT2D eigenvalue weighted by Crippen LogP contribution is 2.30. The molecule has 0 saturated carbocycles. The Morgan fingerprint density at radius 2 is 1.90 bits per heavy atom. The minimum atomic E-state index is -0.0229. The van der Waals surface area contributed by atoms with Crippen molar-refractivity contribution in [2.24, 2.45) is 5.92 Å². The lowest BCUT2D eigenvalue weighted by Gasteiger charge is -2.13. The molecule has 1 N–H and O–H groups in total. The Morgan fingerprint density at radius 1 is 1.14 bits per heavy atom. The minimum Gasteiger partial charge on any atom is -0.349 e. The van der Waals surface area contributed by atoms with E-state index in [-0.39, 0.29) is 18.4 Å². The van der Waals surface area contributed by atoms with Crippen molar-refractivity contribution in [3.05, 3.63) is 70.0 Å². The molecule has 0 aliphatic heterocycles. The molecule has 0 fully saturated rings. The Bertz CT molecular complexity index is 976. The van der Waals surface area contributed by atoms with Crippen LogP contribution in [-0.2, 0) is 17.1 Å². The van der Waals surface area contributed by atoms with Crippen molar-refractivity contribution in [2.45, 2.75) is 37.7 Å². The lowest BCUT2D eigenvalue weighted by molar-refractivity contribution is -0.122. The topological polar surface area (TPSA) is 59.8 Å². The summed E-state index contributed by atoms with van der Waals surface area (Å²) < 4.78 is 1.86. The Hall–Kier alpha value is -2.02. The number of thioether (sulfide) groups is 1. The van der Waals surface area contributed by atoms with Crippen molar-refractivity contribution in [1.82, 2.24) is 20.1 Å². The van der Waals surface area contributed by atoms with E-state index in [1.54, 1.807) is 30.0 Å². The van der Waals surface area contributed by atoms with Crippen molar-refractivity contribution in [3.8, 4) is 5.69 Å². The van der Waals surface area contributed by atoms with Crippen molar-refractivity contribution < 1.29 is 4.79 Å². The van der Waals surface area contributed by atoms with Gasteiger partial charge in [0.25, 0.3) is 0 Å². The van der Waals surface area contributed by atoms with Gasteiger partial charge in [-0.3, -0.25) is 9.36 Å². The highest BCUT2D eigenvalue weighted by molar-refractivity contribution is 7.98. The number of benzene rings is 2. The third-order valence-electron chi connectivity index (χ3n) is 4.10. The normalized spacial score (nSPS) is 11.1. The second-order valence-corrected chi connectivity index (χ2v) is 8.77. The molecule has 29 heavy (non-hydrogen) atoms. The Kier molecular flexibility index (Phi) is 7.58. The molecular weight excluding hydrogens is 427 g/mol. The quantitative estimate of drug-likeness (QED) is 0.460. The summed E-state index contributed by atoms with van der Waals surface area (Å²) in [6, 6.07) is 15.4. The van der Waals surface area contributed by atoms with Gasteiger partial charge in [-0.05, 0) is 29.7 Å². The highest BCUT2D eigenvalue weighted by Gasteiger charge is 2.18. The highest BCUT2D eigenvalue weighted by atomic mass is 35.5. The maximum absolute atomic E-state index is 12.1. The van der Waals surface area contributed by atoms with E-state index in [9.17, 15) is 4.79 Å². The zero-order valence-electron chi connectivity index (χ0n) is 16.2. The summed E-state index contributed by atoms with van der Waals surface area (Å²) in [5.41, 5.74) is 1.86. The zero-order chi connectivity index (χ0) is 20.8. The van der Waals surface area contributed by atoms with E-state index >= 15 is 0 Å². The van der Waals surface area contributed by atoms with Crippen molar-refractivity contribution >= 4 is 40.9 Å². The molecule has 8 heteroatoms. The lowest BCUT2D eigenvalue weighted by atomic mass is 10.1. The van der Waals surface area contributed by atoms with E-state index in [0.29, 0.717) is 33.1 Å². The average Bonchev–Trinajstić information content (AvgIpc) is 3.09. The fourth-order valence-corrected chi connectivity index (χ4v) is 4.04. The first-order valence-corrected chi connectivity index (χ1v) is 11.0. The number of carbonyl (C=O) groups excluding carboxylic acids is 1. The number of hydrogen-bond acceptors (Lipinski definition) is 4. The zero-order valence-corrected chi connectivity index (χ0v) is 18.6. The van der Waals surface area contributed by atoms with Crippen LogP contribution in [0.1, 0.15) is 31.7 Å². The van der Waals surface area contributed by atoms with Gasteiger partial charge in [0.1, 0.15) is 0 Å². The fourth-order valence-electron chi connectivity index (χ4n) is 2.75. The molecule has 5 nitrogen and oxygen atoms in total. The van der Waals surface area contributed by atoms with Gasteiger partial charge in [0.15, 0.2) is 11.0 Å². The van der Waals surface area contributed by atoms with Gasteiger partial charge in [-0.2, -0.15) is 0 Å². The van der Waals surface area contributed by atoms with Crippen LogP contribution >= 0.6 is 35.0 Å². The van der Waals surface area contributed by atoms with Gasteiger partial charge in [0.05, 0.1) is 17.3 Å². The number of nitrogens with one attached hydrogen (secondary N) is 1. The summed E-state index contributed by atoms with van der Waals surface area (Å²) in [6.45, 7) is 4.27. The van der Waals surface area contributed by atoms with Crippen LogP contribution in [0.3, 0.4) is 0 Å². The first kappa shape index (κ1) is 21.7. The summed E-state index contributed by atoms with van der Waals surface area (Å²) in [6.07, 6.45) is 0.460. The molecule has 0 aliphatic rings. The molecule has 2 aromatic carbocycles. The number of nitrogens with zero attached hydrogens (tertiary/aromatic N) is 3. The van der Waals surface area contributed by atoms with Gasteiger partial charge in [-0.1, -0.05) is 79.1 Å². The maximum atomic E-state index is 12.1. The molecule has 0 saturated heterocycles. The van der Waals surface area contributed by atoms with Crippen LogP contribution in [0.25, 0.3) is 5.69 Å². The first-order valence-electron chi connectivity index (χ1n) is 9.27. The molecule has 0 bridgehead atoms. The summed E-state index contributed by atoms with van der Waals surface area (Å²) in [4.78, 5) is 12.1. The number of halogens is 2. The second-order valence-electron chi connectivity index (χ2n) is 6.98. The average molecular weight is 449 g/mol. The number of carbonyl (C=O) groups is 1. The van der Waals surface area contributed by atoms with E-state index in [1.807, 2.05) is 36.6 Å². The van der Waals surface area contributed by atoms with Gasteiger partial charge < -0.3 is 5.32 Å². The summed E-state index contributed by atoms with van der Waals surface area (Å²) in [5, 5.41) is 13.3. The standard InChI is InChI=1S/C21H22Cl2N4OS/c1-14(2)10-20(28)24-12-19-25-26-21(29-13-15-6-4-3-5-7-15)27(19)18-11-16(22)8-9-17(18)23/h3-9,11,14H,10,12-13H2,1-2H3,(H,24,28). The number of hydrogen-bond donors (Lipinski definition) is 1. The molecular formula is C21H22Cl2N4OS. The molecule has 0 spiro atoms. The van der Waals surface area contributed by atoms with Crippen LogP contribution in [0.15, 0.2) is 53.7 Å². The fraction of sp³-hybridized carbons (Fsp3) is 0.286. The van der Waals surface area contributed by atoms with Gasteiger partial charge in [-0.15, -0.1) is 10.2 Å². The van der Waals surface area contributed by atoms with Gasteiger partial charge >= 0.3 is 0 Å². The Labute approximate surface area is 184 Å². The van der Waals surface area contributed by atoms with Crippen molar-refractivity contribution in [1.29, 1.82) is 0 Å². The van der Waals surface area contributed by atoms with E-state index in [2.05, 4.69) is 27.6 Å². The molecule has 152 valence electrons. The molecule has 3 aromatic rings. The second kappa shape index (κ2) is 10.1. The third kappa shape index (κ3) is 5.98. The van der Waals surface area contributed by atoms with Crippen LogP contribution in [0.4, 0.5) is 0 Å². The predicted molar refractivity (Wildman–Crippen MR) is 119 cm³/mol. The third-order valence-corrected chi connectivity index (χ3v) is 5.65. The smallest absolute Gasteiger partial charge is 0.220 e. The first-order chi connectivity index (χ1) is 13.9. The molecule has 1 amide bonds. The van der Waals surface area contributed by atoms with Crippen LogP contribution in [0.2, 0.25) is 10.0 Å². The maximum Gasteiger partial charge on any atom is 0.220 e. The van der Waals surface area contributed by atoms with E-state index in [0.717, 1.165) is 5.75 Å². The largest absolute Gasteiger partial charge is 0.349 e. The van der Waals surface area contributed by atoms with E-state index in [1.165, 1.54) is 5.56 Å². The van der Waals surface area contributed by atoms with E-state index in [4.69, 9.17) is 23.2 Å². The van der Waals surface area contributed by atoms with Crippen LogP contribution in [-0.4, -0.2) is 20.7 Å². The summed E-state index contributed by atoms with van der Waals surface area (Å²) in [7, 11) is 0. The SMILES string of the molecule is CC(C)CC(=O)NCc1nnc(SCc2ccccc2)n1-c1cc(Cl)ccc1Cl. The Morgan fingerprint density at radius 3 is 2.62 bits per heavy atom. The van der Waals surface area contributed by atoms with Gasteiger partial charge in [0.2, 0.25) is 5.91 Å². The van der Waals surface area contributed by atoms with Crippen LogP contribution in [0, 0.1) is 5.92 Å². The molecule has 3 rings (SSSR count). The number of rotatable bonds is 8. The molecule has 0 radical (unpaired) electrons. The van der Waals surface area contributed by atoms with Gasteiger partial charge in [0, 0.05) is 17.2 Å². The monoisotopic (exact) mass is 448 g/mol. The molecule has 0 atom stereocenters. The molecule has 0 unspecified atom stereocenters. The van der Waals surface area contributed by atoms with Gasteiger partial charge in [-0.25, -0.2) is 0 Å². The summed E-state index contributed by atoms with van der Waals surface area (Å²) in [5.74, 6) is 1.59. The molecule has 1 heterocycles. The number of amides is 1. The van der Waals surface area contributed by atoms with Crippen molar-refractivity contribution in [2.75, 3.05) is 0 Å². The van der Waals surface area contributed by atoms with Crippen molar-refractivity contribution in [3.63, 3.8) is 0 Å². The predicted octanol–water partition coefficient (Wildman–Crippen LogP) is 5.53. The molecule has 1 aromatic heterocycles. The van der Waals surface area contributed by atoms with E-state index < -0.39 is 0 Å². The van der Waals surface area contributed by atoms with Crippen LogP contribution < -0.4 is 5.32 Å². The lowest BCUT2D eigenvalue weighted by Crippen LogP contribution is -2.25. The van der Waals surface area contributed by atoms with Crippen LogP contribution in [0.5, 0.6) is 0 Å². The Balaban J connectivity index is 1.88.